The number of amides is 1. The van der Waals surface area contributed by atoms with Crippen LogP contribution in [0.1, 0.15) is 36.9 Å². The van der Waals surface area contributed by atoms with Crippen molar-refractivity contribution >= 4 is 5.91 Å². The van der Waals surface area contributed by atoms with Gasteiger partial charge in [0.15, 0.2) is 5.76 Å². The lowest BCUT2D eigenvalue weighted by molar-refractivity contribution is -0.0778. The minimum absolute atomic E-state index is 0.145. The average Bonchev–Trinajstić information content (AvgIpc) is 2.80. The summed E-state index contributed by atoms with van der Waals surface area (Å²) in [6.45, 7) is 10.6. The molecule has 2 heterocycles. The van der Waals surface area contributed by atoms with Crippen LogP contribution in [0.5, 0.6) is 0 Å². The molecule has 0 unspecified atom stereocenters. The van der Waals surface area contributed by atoms with Crippen LogP contribution in [0, 0.1) is 6.92 Å². The van der Waals surface area contributed by atoms with Gasteiger partial charge in [0.25, 0.3) is 5.91 Å². The summed E-state index contributed by atoms with van der Waals surface area (Å²) in [5.41, 5.74) is 0.865. The molecule has 112 valence electrons. The van der Waals surface area contributed by atoms with Crippen molar-refractivity contribution in [1.29, 1.82) is 0 Å². The molecule has 0 saturated carbocycles. The molecule has 1 N–H and O–H groups in total. The van der Waals surface area contributed by atoms with Crippen molar-refractivity contribution in [3.05, 3.63) is 23.7 Å². The van der Waals surface area contributed by atoms with Crippen molar-refractivity contribution in [2.24, 2.45) is 0 Å². The summed E-state index contributed by atoms with van der Waals surface area (Å²) in [5, 5.41) is 2.94. The number of nitrogens with one attached hydrogen (secondary N) is 1. The summed E-state index contributed by atoms with van der Waals surface area (Å²) in [5.74, 6) is 0.259. The van der Waals surface area contributed by atoms with Crippen LogP contribution < -0.4 is 5.32 Å². The molecule has 5 nitrogen and oxygen atoms in total. The molecular formula is C15H24N2O3. The summed E-state index contributed by atoms with van der Waals surface area (Å²) < 4.78 is 10.9. The Balaban J connectivity index is 1.84. The van der Waals surface area contributed by atoms with Crippen LogP contribution >= 0.6 is 0 Å². The molecular weight excluding hydrogens is 256 g/mol. The summed E-state index contributed by atoms with van der Waals surface area (Å²) in [6.07, 6.45) is 2.02. The van der Waals surface area contributed by atoms with Gasteiger partial charge in [-0.15, -0.1) is 0 Å². The van der Waals surface area contributed by atoms with Gasteiger partial charge < -0.3 is 14.5 Å². The summed E-state index contributed by atoms with van der Waals surface area (Å²) >= 11 is 0. The third kappa shape index (κ3) is 3.61. The molecule has 1 aliphatic rings. The molecule has 1 fully saturated rings. The Morgan fingerprint density at radius 1 is 1.45 bits per heavy atom. The first kappa shape index (κ1) is 15.1. The number of carbonyl (C=O) groups excluding carboxylic acids is 1. The largest absolute Gasteiger partial charge is 0.459 e. The van der Waals surface area contributed by atoms with Crippen molar-refractivity contribution in [2.45, 2.75) is 45.9 Å². The van der Waals surface area contributed by atoms with E-state index in [0.29, 0.717) is 12.3 Å². The Morgan fingerprint density at radius 3 is 2.65 bits per heavy atom. The smallest absolute Gasteiger partial charge is 0.287 e. The third-order valence-electron chi connectivity index (χ3n) is 3.70. The van der Waals surface area contributed by atoms with E-state index < -0.39 is 0 Å². The molecule has 1 saturated heterocycles. The highest BCUT2D eigenvalue weighted by molar-refractivity contribution is 5.92. The molecule has 0 radical (unpaired) electrons. The minimum Gasteiger partial charge on any atom is -0.459 e. The van der Waals surface area contributed by atoms with E-state index in [1.54, 1.807) is 12.3 Å². The van der Waals surface area contributed by atoms with Gasteiger partial charge in [-0.3, -0.25) is 9.69 Å². The second kappa shape index (κ2) is 6.41. The van der Waals surface area contributed by atoms with E-state index in [2.05, 4.69) is 31.0 Å². The predicted molar refractivity (Wildman–Crippen MR) is 76.8 cm³/mol. The van der Waals surface area contributed by atoms with Crippen molar-refractivity contribution in [3.63, 3.8) is 0 Å². The lowest BCUT2D eigenvalue weighted by Crippen LogP contribution is -2.52. The zero-order chi connectivity index (χ0) is 14.7. The van der Waals surface area contributed by atoms with Crippen LogP contribution in [-0.4, -0.2) is 48.7 Å². The lowest BCUT2D eigenvalue weighted by atomic mass is 10.1. The fraction of sp³-hybridized carbons (Fsp3) is 0.667. The molecule has 2 rings (SSSR count). The van der Waals surface area contributed by atoms with Crippen LogP contribution in [0.2, 0.25) is 0 Å². The van der Waals surface area contributed by atoms with Gasteiger partial charge in [0.1, 0.15) is 0 Å². The number of hydrogen-bond acceptors (Lipinski definition) is 4. The fourth-order valence-corrected chi connectivity index (χ4v) is 2.63. The van der Waals surface area contributed by atoms with E-state index in [1.807, 2.05) is 6.92 Å². The maximum absolute atomic E-state index is 12.0. The van der Waals surface area contributed by atoms with Gasteiger partial charge in [-0.1, -0.05) is 0 Å². The topological polar surface area (TPSA) is 54.7 Å². The molecule has 20 heavy (non-hydrogen) atoms. The number of morpholine rings is 1. The molecule has 1 amide bonds. The molecule has 5 heteroatoms. The molecule has 1 aromatic heterocycles. The van der Waals surface area contributed by atoms with Gasteiger partial charge in [-0.2, -0.15) is 0 Å². The number of carbonyl (C=O) groups is 1. The number of furan rings is 1. The molecule has 0 spiro atoms. The zero-order valence-electron chi connectivity index (χ0n) is 12.7. The maximum Gasteiger partial charge on any atom is 0.287 e. The van der Waals surface area contributed by atoms with Gasteiger partial charge >= 0.3 is 0 Å². The van der Waals surface area contributed by atoms with Crippen LogP contribution in [0.25, 0.3) is 0 Å². The Labute approximate surface area is 120 Å². The minimum atomic E-state index is -0.145. The summed E-state index contributed by atoms with van der Waals surface area (Å²) in [6, 6.07) is 2.08. The van der Waals surface area contributed by atoms with Crippen molar-refractivity contribution < 1.29 is 13.9 Å². The standard InChI is InChI=1S/C15H24N2O3/c1-10-5-6-19-14(10)15(18)16-7-11(2)17-8-12(3)20-13(4)9-17/h5-6,11-13H,7-9H2,1-4H3,(H,16,18)/t11-,12-,13+/m1/s1. The molecule has 1 aromatic rings. The Hall–Kier alpha value is -1.33. The van der Waals surface area contributed by atoms with Gasteiger partial charge in [-0.05, 0) is 33.8 Å². The van der Waals surface area contributed by atoms with Crippen molar-refractivity contribution in [3.8, 4) is 0 Å². The van der Waals surface area contributed by atoms with Gasteiger partial charge in [-0.25, -0.2) is 0 Å². The Bertz CT molecular complexity index is 448. The summed E-state index contributed by atoms with van der Waals surface area (Å²) in [7, 11) is 0. The van der Waals surface area contributed by atoms with Crippen molar-refractivity contribution in [2.75, 3.05) is 19.6 Å². The quantitative estimate of drug-likeness (QED) is 0.914. The first-order valence-electron chi connectivity index (χ1n) is 7.19. The number of nitrogens with zero attached hydrogens (tertiary/aromatic N) is 1. The van der Waals surface area contributed by atoms with Crippen LogP contribution in [0.3, 0.4) is 0 Å². The molecule has 1 aliphatic heterocycles. The second-order valence-corrected chi connectivity index (χ2v) is 5.70. The van der Waals surface area contributed by atoms with E-state index >= 15 is 0 Å². The van der Waals surface area contributed by atoms with E-state index in [-0.39, 0.29) is 24.2 Å². The summed E-state index contributed by atoms with van der Waals surface area (Å²) in [4.78, 5) is 14.3. The van der Waals surface area contributed by atoms with Crippen LogP contribution in [-0.2, 0) is 4.74 Å². The van der Waals surface area contributed by atoms with E-state index in [0.717, 1.165) is 18.7 Å². The third-order valence-corrected chi connectivity index (χ3v) is 3.70. The van der Waals surface area contributed by atoms with Gasteiger partial charge in [0, 0.05) is 31.2 Å². The number of aryl methyl sites for hydroxylation is 1. The number of rotatable bonds is 4. The highest BCUT2D eigenvalue weighted by Crippen LogP contribution is 2.13. The van der Waals surface area contributed by atoms with E-state index in [1.165, 1.54) is 0 Å². The number of ether oxygens (including phenoxy) is 1. The van der Waals surface area contributed by atoms with Gasteiger partial charge in [0.2, 0.25) is 0 Å². The fourth-order valence-electron chi connectivity index (χ4n) is 2.63. The van der Waals surface area contributed by atoms with Gasteiger partial charge in [0.05, 0.1) is 18.5 Å². The monoisotopic (exact) mass is 280 g/mol. The average molecular weight is 280 g/mol. The maximum atomic E-state index is 12.0. The molecule has 0 aliphatic carbocycles. The SMILES string of the molecule is Cc1ccoc1C(=O)NC[C@@H](C)N1C[C@@H](C)O[C@@H](C)C1. The normalized spacial score (nSPS) is 25.4. The highest BCUT2D eigenvalue weighted by Gasteiger charge is 2.26. The van der Waals surface area contributed by atoms with E-state index in [9.17, 15) is 4.79 Å². The number of hydrogen-bond donors (Lipinski definition) is 1. The first-order valence-corrected chi connectivity index (χ1v) is 7.19. The Morgan fingerprint density at radius 2 is 2.10 bits per heavy atom. The van der Waals surface area contributed by atoms with Crippen LogP contribution in [0.4, 0.5) is 0 Å². The molecule has 0 aromatic carbocycles. The molecule has 3 atom stereocenters. The van der Waals surface area contributed by atoms with Crippen LogP contribution in [0.15, 0.2) is 16.7 Å². The lowest BCUT2D eigenvalue weighted by Gasteiger charge is -2.38. The van der Waals surface area contributed by atoms with Crippen molar-refractivity contribution in [1.82, 2.24) is 10.2 Å². The zero-order valence-corrected chi connectivity index (χ0v) is 12.7. The first-order chi connectivity index (χ1) is 9.47. The Kier molecular flexibility index (Phi) is 4.83. The molecule has 0 bridgehead atoms. The highest BCUT2D eigenvalue weighted by atomic mass is 16.5. The van der Waals surface area contributed by atoms with E-state index in [4.69, 9.17) is 9.15 Å². The predicted octanol–water partition coefficient (Wildman–Crippen LogP) is 1.82. The second-order valence-electron chi connectivity index (χ2n) is 5.70.